The van der Waals surface area contributed by atoms with Crippen molar-refractivity contribution in [2.24, 2.45) is 13.0 Å². The van der Waals surface area contributed by atoms with E-state index >= 15 is 0 Å². The maximum absolute atomic E-state index is 12.6. The van der Waals surface area contributed by atoms with Crippen LogP contribution in [0.25, 0.3) is 0 Å². The van der Waals surface area contributed by atoms with Gasteiger partial charge in [0.25, 0.3) is 5.91 Å². The minimum atomic E-state index is -0.0408. The van der Waals surface area contributed by atoms with E-state index in [0.717, 1.165) is 17.1 Å². The first kappa shape index (κ1) is 15.7. The lowest BCUT2D eigenvalue weighted by Crippen LogP contribution is -2.31. The molecule has 0 unspecified atom stereocenters. The second-order valence-electron chi connectivity index (χ2n) is 5.70. The second kappa shape index (κ2) is 6.39. The molecule has 5 nitrogen and oxygen atoms in total. The van der Waals surface area contributed by atoms with Gasteiger partial charge in [-0.25, -0.2) is 4.98 Å². The van der Waals surface area contributed by atoms with Gasteiger partial charge in [-0.15, -0.1) is 11.3 Å². The van der Waals surface area contributed by atoms with E-state index in [9.17, 15) is 4.79 Å². The Balaban J connectivity index is 2.17. The van der Waals surface area contributed by atoms with Crippen LogP contribution in [0.2, 0.25) is 0 Å². The standard InChI is InChI=1S/C15H22N4OS/c1-10(2)8-12-9-13(19(5)17-12)15(20)18(4)11(3)14-16-6-7-21-14/h6-7,9-11H,8H2,1-5H3/t11-/m0/s1. The zero-order valence-corrected chi connectivity index (χ0v) is 14.0. The van der Waals surface area contributed by atoms with Gasteiger partial charge in [0.05, 0.1) is 11.7 Å². The summed E-state index contributed by atoms with van der Waals surface area (Å²) in [6.45, 7) is 6.28. The molecule has 0 N–H and O–H groups in total. The van der Waals surface area contributed by atoms with Crippen LogP contribution in [0.1, 0.15) is 48.0 Å². The molecule has 1 amide bonds. The van der Waals surface area contributed by atoms with Crippen LogP contribution in [0.15, 0.2) is 17.6 Å². The molecule has 0 saturated carbocycles. The Labute approximate surface area is 129 Å². The normalized spacial score (nSPS) is 12.7. The summed E-state index contributed by atoms with van der Waals surface area (Å²) in [5, 5.41) is 7.30. The van der Waals surface area contributed by atoms with Crippen LogP contribution < -0.4 is 0 Å². The molecule has 2 rings (SSSR count). The average Bonchev–Trinajstić information content (AvgIpc) is 3.05. The first-order valence-corrected chi connectivity index (χ1v) is 7.97. The molecule has 2 heterocycles. The van der Waals surface area contributed by atoms with Crippen LogP contribution in [0.3, 0.4) is 0 Å². The molecule has 2 aromatic heterocycles. The fourth-order valence-electron chi connectivity index (χ4n) is 2.21. The smallest absolute Gasteiger partial charge is 0.272 e. The number of aromatic nitrogens is 3. The number of thiazole rings is 1. The Bertz CT molecular complexity index is 603. The van der Waals surface area contributed by atoms with Gasteiger partial charge in [-0.3, -0.25) is 9.48 Å². The quantitative estimate of drug-likeness (QED) is 0.853. The lowest BCUT2D eigenvalue weighted by molar-refractivity contribution is 0.0731. The van der Waals surface area contributed by atoms with Crippen LogP contribution in [-0.4, -0.2) is 32.6 Å². The van der Waals surface area contributed by atoms with Crippen molar-refractivity contribution < 1.29 is 4.79 Å². The van der Waals surface area contributed by atoms with Crippen molar-refractivity contribution >= 4 is 17.2 Å². The number of nitrogens with zero attached hydrogens (tertiary/aromatic N) is 4. The van der Waals surface area contributed by atoms with Crippen LogP contribution in [0.5, 0.6) is 0 Å². The van der Waals surface area contributed by atoms with E-state index in [2.05, 4.69) is 23.9 Å². The number of rotatable bonds is 5. The molecular formula is C15H22N4OS. The van der Waals surface area contributed by atoms with Crippen molar-refractivity contribution in [3.63, 3.8) is 0 Å². The van der Waals surface area contributed by atoms with Crippen molar-refractivity contribution in [1.29, 1.82) is 0 Å². The minimum Gasteiger partial charge on any atom is -0.331 e. The van der Waals surface area contributed by atoms with Crippen molar-refractivity contribution in [3.05, 3.63) is 34.0 Å². The number of carbonyl (C=O) groups excluding carboxylic acids is 1. The van der Waals surface area contributed by atoms with E-state index in [0.29, 0.717) is 11.6 Å². The number of hydrogen-bond donors (Lipinski definition) is 0. The largest absolute Gasteiger partial charge is 0.331 e. The van der Waals surface area contributed by atoms with Gasteiger partial charge < -0.3 is 4.90 Å². The molecule has 0 fully saturated rings. The van der Waals surface area contributed by atoms with Gasteiger partial charge in [-0.2, -0.15) is 5.10 Å². The van der Waals surface area contributed by atoms with Gasteiger partial charge in [0.15, 0.2) is 0 Å². The molecule has 114 valence electrons. The Hall–Kier alpha value is -1.69. The number of carbonyl (C=O) groups is 1. The van der Waals surface area contributed by atoms with E-state index in [1.54, 1.807) is 27.1 Å². The Morgan fingerprint density at radius 1 is 1.43 bits per heavy atom. The lowest BCUT2D eigenvalue weighted by atomic mass is 10.1. The monoisotopic (exact) mass is 306 g/mol. The third-order valence-electron chi connectivity index (χ3n) is 3.48. The molecule has 0 aromatic carbocycles. The van der Waals surface area contributed by atoms with Crippen molar-refractivity contribution in [2.45, 2.75) is 33.2 Å². The van der Waals surface area contributed by atoms with E-state index in [4.69, 9.17) is 0 Å². The molecule has 0 aliphatic carbocycles. The third-order valence-corrected chi connectivity index (χ3v) is 4.42. The number of aryl methyl sites for hydroxylation is 1. The first-order chi connectivity index (χ1) is 9.90. The van der Waals surface area contributed by atoms with Crippen molar-refractivity contribution in [1.82, 2.24) is 19.7 Å². The summed E-state index contributed by atoms with van der Waals surface area (Å²) in [5.74, 6) is 0.498. The summed E-state index contributed by atoms with van der Waals surface area (Å²) in [4.78, 5) is 18.6. The molecule has 0 aliphatic rings. The lowest BCUT2D eigenvalue weighted by Gasteiger charge is -2.23. The van der Waals surface area contributed by atoms with Crippen LogP contribution in [0.4, 0.5) is 0 Å². The predicted octanol–water partition coefficient (Wildman–Crippen LogP) is 2.91. The SMILES string of the molecule is CC(C)Cc1cc(C(=O)N(C)[C@@H](C)c2nccs2)n(C)n1. The van der Waals surface area contributed by atoms with Gasteiger partial charge in [0, 0.05) is 25.7 Å². The maximum Gasteiger partial charge on any atom is 0.272 e. The van der Waals surface area contributed by atoms with Gasteiger partial charge >= 0.3 is 0 Å². The highest BCUT2D eigenvalue weighted by molar-refractivity contribution is 7.09. The molecule has 0 aliphatic heterocycles. The molecule has 21 heavy (non-hydrogen) atoms. The topological polar surface area (TPSA) is 51.0 Å². The van der Waals surface area contributed by atoms with Crippen LogP contribution in [-0.2, 0) is 13.5 Å². The Morgan fingerprint density at radius 2 is 2.14 bits per heavy atom. The van der Waals surface area contributed by atoms with E-state index in [1.807, 2.05) is 32.5 Å². The molecule has 0 spiro atoms. The summed E-state index contributed by atoms with van der Waals surface area (Å²) in [6.07, 6.45) is 2.65. The molecule has 6 heteroatoms. The van der Waals surface area contributed by atoms with Crippen molar-refractivity contribution in [2.75, 3.05) is 7.05 Å². The molecule has 0 saturated heterocycles. The van der Waals surface area contributed by atoms with Gasteiger partial charge in [0.1, 0.15) is 10.7 Å². The maximum atomic E-state index is 12.6. The number of amides is 1. The average molecular weight is 306 g/mol. The minimum absolute atomic E-state index is 0.0253. The van der Waals surface area contributed by atoms with Crippen LogP contribution in [0, 0.1) is 5.92 Å². The summed E-state index contributed by atoms with van der Waals surface area (Å²) in [7, 11) is 3.63. The zero-order valence-electron chi connectivity index (χ0n) is 13.2. The highest BCUT2D eigenvalue weighted by atomic mass is 32.1. The summed E-state index contributed by atoms with van der Waals surface area (Å²) in [5.41, 5.74) is 1.59. The summed E-state index contributed by atoms with van der Waals surface area (Å²) < 4.78 is 1.67. The Kier molecular flexibility index (Phi) is 4.77. The first-order valence-electron chi connectivity index (χ1n) is 7.09. The molecule has 1 atom stereocenters. The van der Waals surface area contributed by atoms with Gasteiger partial charge in [-0.1, -0.05) is 13.8 Å². The van der Waals surface area contributed by atoms with E-state index in [1.165, 1.54) is 0 Å². The highest BCUT2D eigenvalue weighted by Crippen LogP contribution is 2.22. The van der Waals surface area contributed by atoms with E-state index < -0.39 is 0 Å². The van der Waals surface area contributed by atoms with E-state index in [-0.39, 0.29) is 11.9 Å². The van der Waals surface area contributed by atoms with Gasteiger partial charge in [-0.05, 0) is 25.3 Å². The highest BCUT2D eigenvalue weighted by Gasteiger charge is 2.23. The van der Waals surface area contributed by atoms with Crippen molar-refractivity contribution in [3.8, 4) is 0 Å². The number of hydrogen-bond acceptors (Lipinski definition) is 4. The summed E-state index contributed by atoms with van der Waals surface area (Å²) >= 11 is 1.56. The fourth-order valence-corrected chi connectivity index (χ4v) is 2.95. The molecule has 0 bridgehead atoms. The molecular weight excluding hydrogens is 284 g/mol. The molecule has 2 aromatic rings. The zero-order chi connectivity index (χ0) is 15.6. The predicted molar refractivity (Wildman–Crippen MR) is 84.4 cm³/mol. The third kappa shape index (κ3) is 3.50. The fraction of sp³-hybridized carbons (Fsp3) is 0.533. The second-order valence-corrected chi connectivity index (χ2v) is 6.63. The Morgan fingerprint density at radius 3 is 2.71 bits per heavy atom. The van der Waals surface area contributed by atoms with Gasteiger partial charge in [0.2, 0.25) is 0 Å². The van der Waals surface area contributed by atoms with Crippen LogP contribution >= 0.6 is 11.3 Å². The summed E-state index contributed by atoms with van der Waals surface area (Å²) in [6, 6.07) is 1.86. The molecule has 0 radical (unpaired) electrons.